The van der Waals surface area contributed by atoms with Gasteiger partial charge in [-0.05, 0) is 44.0 Å². The van der Waals surface area contributed by atoms with Crippen molar-refractivity contribution in [3.8, 4) is 5.75 Å². The van der Waals surface area contributed by atoms with Crippen LogP contribution in [-0.2, 0) is 6.54 Å². The minimum absolute atomic E-state index is 0.200. The first-order chi connectivity index (χ1) is 9.06. The van der Waals surface area contributed by atoms with Crippen molar-refractivity contribution in [2.45, 2.75) is 33.4 Å². The molecule has 2 N–H and O–H groups in total. The Morgan fingerprint density at radius 2 is 2.00 bits per heavy atom. The zero-order chi connectivity index (χ0) is 13.8. The molecule has 2 aromatic rings. The van der Waals surface area contributed by atoms with E-state index in [1.54, 1.807) is 6.07 Å². The maximum absolute atomic E-state index is 9.20. The fourth-order valence-corrected chi connectivity index (χ4v) is 2.12. The molecule has 1 aromatic carbocycles. The molecule has 100 valence electrons. The maximum Gasteiger partial charge on any atom is 0.133 e. The van der Waals surface area contributed by atoms with Crippen LogP contribution in [0.5, 0.6) is 5.75 Å². The molecule has 3 heteroatoms. The standard InChI is InChI=1S/C16H20N2O/c1-11-4-5-12(2)16(8-11)13(3)17-9-14-6-7-15(19)10-18-14/h4-8,10,13,17,19H,9H2,1-3H3. The van der Waals surface area contributed by atoms with Crippen molar-refractivity contribution >= 4 is 0 Å². The SMILES string of the molecule is Cc1ccc(C)c(C(C)NCc2ccc(O)cn2)c1. The summed E-state index contributed by atoms with van der Waals surface area (Å²) < 4.78 is 0. The molecule has 0 amide bonds. The van der Waals surface area contributed by atoms with Crippen LogP contribution in [0.4, 0.5) is 0 Å². The number of hydrogen-bond donors (Lipinski definition) is 2. The molecule has 0 aliphatic rings. The number of benzene rings is 1. The Balaban J connectivity index is 2.03. The Labute approximate surface area is 114 Å². The molecule has 3 nitrogen and oxygen atoms in total. The predicted molar refractivity (Wildman–Crippen MR) is 77.1 cm³/mol. The van der Waals surface area contributed by atoms with Gasteiger partial charge in [0.2, 0.25) is 0 Å². The summed E-state index contributed by atoms with van der Waals surface area (Å²) in [6, 6.07) is 10.3. The van der Waals surface area contributed by atoms with E-state index in [1.165, 1.54) is 22.9 Å². The lowest BCUT2D eigenvalue weighted by atomic mass is 10.00. The molecule has 0 spiro atoms. The molecule has 1 heterocycles. The number of aromatic nitrogens is 1. The topological polar surface area (TPSA) is 45.1 Å². The van der Waals surface area contributed by atoms with Gasteiger partial charge in [-0.1, -0.05) is 23.8 Å². The number of rotatable bonds is 4. The van der Waals surface area contributed by atoms with Gasteiger partial charge in [0.05, 0.1) is 11.9 Å². The second-order valence-corrected chi connectivity index (χ2v) is 4.97. The molecule has 0 saturated heterocycles. The lowest BCUT2D eigenvalue weighted by Gasteiger charge is -2.17. The fraction of sp³-hybridized carbons (Fsp3) is 0.312. The number of nitrogens with zero attached hydrogens (tertiary/aromatic N) is 1. The van der Waals surface area contributed by atoms with Crippen molar-refractivity contribution in [2.24, 2.45) is 0 Å². The molecule has 1 aromatic heterocycles. The van der Waals surface area contributed by atoms with Gasteiger partial charge in [0.1, 0.15) is 5.75 Å². The van der Waals surface area contributed by atoms with Crippen LogP contribution in [0.25, 0.3) is 0 Å². The zero-order valence-electron chi connectivity index (χ0n) is 11.6. The fourth-order valence-electron chi connectivity index (χ4n) is 2.12. The van der Waals surface area contributed by atoms with E-state index in [0.717, 1.165) is 5.69 Å². The van der Waals surface area contributed by atoms with Crippen molar-refractivity contribution in [1.29, 1.82) is 0 Å². The quantitative estimate of drug-likeness (QED) is 0.882. The van der Waals surface area contributed by atoms with Crippen LogP contribution in [0.3, 0.4) is 0 Å². The molecule has 0 fully saturated rings. The van der Waals surface area contributed by atoms with Crippen LogP contribution in [0.2, 0.25) is 0 Å². The first-order valence-corrected chi connectivity index (χ1v) is 6.50. The number of pyridine rings is 1. The lowest BCUT2D eigenvalue weighted by molar-refractivity contribution is 0.471. The minimum atomic E-state index is 0.200. The molecule has 0 aliphatic heterocycles. The molecular weight excluding hydrogens is 236 g/mol. The number of aryl methyl sites for hydroxylation is 2. The Morgan fingerprint density at radius 1 is 1.21 bits per heavy atom. The predicted octanol–water partition coefficient (Wildman–Crippen LogP) is 3.25. The van der Waals surface area contributed by atoms with E-state index in [4.69, 9.17) is 0 Å². The van der Waals surface area contributed by atoms with Crippen molar-refractivity contribution in [3.63, 3.8) is 0 Å². The molecule has 19 heavy (non-hydrogen) atoms. The average Bonchev–Trinajstić information content (AvgIpc) is 2.40. The zero-order valence-corrected chi connectivity index (χ0v) is 11.6. The van der Waals surface area contributed by atoms with Crippen molar-refractivity contribution in [1.82, 2.24) is 10.3 Å². The van der Waals surface area contributed by atoms with E-state index in [-0.39, 0.29) is 11.8 Å². The van der Waals surface area contributed by atoms with E-state index >= 15 is 0 Å². The largest absolute Gasteiger partial charge is 0.506 e. The highest BCUT2D eigenvalue weighted by Crippen LogP contribution is 2.19. The first-order valence-electron chi connectivity index (χ1n) is 6.50. The number of aromatic hydroxyl groups is 1. The molecule has 0 aliphatic carbocycles. The van der Waals surface area contributed by atoms with Gasteiger partial charge in [0, 0.05) is 12.6 Å². The summed E-state index contributed by atoms with van der Waals surface area (Å²) in [5.74, 6) is 0.200. The van der Waals surface area contributed by atoms with Crippen LogP contribution in [0.1, 0.15) is 35.3 Å². The van der Waals surface area contributed by atoms with Crippen LogP contribution < -0.4 is 5.32 Å². The molecule has 0 saturated carbocycles. The van der Waals surface area contributed by atoms with E-state index in [2.05, 4.69) is 49.3 Å². The van der Waals surface area contributed by atoms with Gasteiger partial charge in [0.15, 0.2) is 0 Å². The highest BCUT2D eigenvalue weighted by Gasteiger charge is 2.08. The van der Waals surface area contributed by atoms with Gasteiger partial charge in [-0.25, -0.2) is 0 Å². The Hall–Kier alpha value is -1.87. The number of nitrogens with one attached hydrogen (secondary N) is 1. The molecule has 0 radical (unpaired) electrons. The average molecular weight is 256 g/mol. The lowest BCUT2D eigenvalue weighted by Crippen LogP contribution is -2.19. The van der Waals surface area contributed by atoms with Crippen LogP contribution in [0, 0.1) is 13.8 Å². The first kappa shape index (κ1) is 13.6. The third-order valence-electron chi connectivity index (χ3n) is 3.30. The molecule has 1 unspecified atom stereocenters. The van der Waals surface area contributed by atoms with Crippen LogP contribution in [0.15, 0.2) is 36.5 Å². The maximum atomic E-state index is 9.20. The molecule has 1 atom stereocenters. The minimum Gasteiger partial charge on any atom is -0.506 e. The summed E-state index contributed by atoms with van der Waals surface area (Å²) in [6.45, 7) is 7.08. The highest BCUT2D eigenvalue weighted by atomic mass is 16.3. The van der Waals surface area contributed by atoms with Gasteiger partial charge in [-0.15, -0.1) is 0 Å². The van der Waals surface area contributed by atoms with Gasteiger partial charge in [-0.3, -0.25) is 4.98 Å². The van der Waals surface area contributed by atoms with Gasteiger partial charge >= 0.3 is 0 Å². The van der Waals surface area contributed by atoms with E-state index in [0.29, 0.717) is 6.54 Å². The van der Waals surface area contributed by atoms with Gasteiger partial charge in [0.25, 0.3) is 0 Å². The second-order valence-electron chi connectivity index (χ2n) is 4.97. The summed E-state index contributed by atoms with van der Waals surface area (Å²) in [6.07, 6.45) is 1.47. The summed E-state index contributed by atoms with van der Waals surface area (Å²) >= 11 is 0. The Morgan fingerprint density at radius 3 is 2.68 bits per heavy atom. The van der Waals surface area contributed by atoms with Crippen LogP contribution in [-0.4, -0.2) is 10.1 Å². The van der Waals surface area contributed by atoms with Crippen molar-refractivity contribution in [3.05, 3.63) is 58.9 Å². The third kappa shape index (κ3) is 3.55. The normalized spacial score (nSPS) is 12.4. The molecular formula is C16H20N2O. The second kappa shape index (κ2) is 5.85. The monoisotopic (exact) mass is 256 g/mol. The van der Waals surface area contributed by atoms with E-state index < -0.39 is 0 Å². The summed E-state index contributed by atoms with van der Waals surface area (Å²) in [4.78, 5) is 4.17. The van der Waals surface area contributed by atoms with Crippen LogP contribution >= 0.6 is 0 Å². The van der Waals surface area contributed by atoms with Gasteiger partial charge in [-0.2, -0.15) is 0 Å². The van der Waals surface area contributed by atoms with Crippen molar-refractivity contribution in [2.75, 3.05) is 0 Å². The molecule has 2 rings (SSSR count). The van der Waals surface area contributed by atoms with Gasteiger partial charge < -0.3 is 10.4 Å². The Kier molecular flexibility index (Phi) is 4.17. The Bertz CT molecular complexity index is 549. The summed E-state index contributed by atoms with van der Waals surface area (Å²) in [5, 5.41) is 12.7. The smallest absolute Gasteiger partial charge is 0.133 e. The van der Waals surface area contributed by atoms with E-state index in [9.17, 15) is 5.11 Å². The summed E-state index contributed by atoms with van der Waals surface area (Å²) in [5.41, 5.74) is 4.81. The van der Waals surface area contributed by atoms with E-state index in [1.807, 2.05) is 6.07 Å². The highest BCUT2D eigenvalue weighted by molar-refractivity contribution is 5.32. The number of hydrogen-bond acceptors (Lipinski definition) is 3. The third-order valence-corrected chi connectivity index (χ3v) is 3.30. The summed E-state index contributed by atoms with van der Waals surface area (Å²) in [7, 11) is 0. The molecule has 0 bridgehead atoms. The van der Waals surface area contributed by atoms with Crippen molar-refractivity contribution < 1.29 is 5.11 Å².